The minimum absolute atomic E-state index is 0.0569. The van der Waals surface area contributed by atoms with E-state index in [-0.39, 0.29) is 17.2 Å². The minimum atomic E-state index is -1.79. The van der Waals surface area contributed by atoms with Crippen LogP contribution in [-0.2, 0) is 9.16 Å². The third kappa shape index (κ3) is 7.72. The van der Waals surface area contributed by atoms with Crippen LogP contribution in [0.1, 0.15) is 48.5 Å². The second-order valence-corrected chi connectivity index (χ2v) is 15.7. The molecular weight excluding hydrogens is 408 g/mol. The highest BCUT2D eigenvalue weighted by molar-refractivity contribution is 6.74. The lowest BCUT2D eigenvalue weighted by Crippen LogP contribution is -2.50. The summed E-state index contributed by atoms with van der Waals surface area (Å²) in [5.41, 5.74) is 0.679. The highest BCUT2D eigenvalue weighted by Gasteiger charge is 2.38. The number of benzene rings is 1. The molecule has 2 rings (SSSR count). The van der Waals surface area contributed by atoms with E-state index in [2.05, 4.69) is 57.8 Å². The summed E-state index contributed by atoms with van der Waals surface area (Å²) in [4.78, 5) is 16.3. The molecule has 1 unspecified atom stereocenters. The Balaban J connectivity index is 1.82. The van der Waals surface area contributed by atoms with E-state index in [9.17, 15) is 4.79 Å². The molecule has 7 heteroatoms. The fraction of sp³-hybridized carbons (Fsp3) is 0.708. The first kappa shape index (κ1) is 25.5. The van der Waals surface area contributed by atoms with Crippen molar-refractivity contribution in [3.8, 4) is 5.75 Å². The lowest BCUT2D eigenvalue weighted by atomic mass is 10.2. The van der Waals surface area contributed by atoms with E-state index in [4.69, 9.17) is 13.9 Å². The first-order chi connectivity index (χ1) is 14.2. The first-order valence-electron chi connectivity index (χ1n) is 11.3. The zero-order valence-electron chi connectivity index (χ0n) is 20.9. The highest BCUT2D eigenvalue weighted by Crippen LogP contribution is 2.37. The molecule has 1 atom stereocenters. The summed E-state index contributed by atoms with van der Waals surface area (Å²) in [6.07, 6.45) is -0.175. The molecule has 176 valence electrons. The molecule has 31 heavy (non-hydrogen) atoms. The van der Waals surface area contributed by atoms with Crippen LogP contribution in [-0.4, -0.2) is 63.8 Å². The topological polar surface area (TPSA) is 51.2 Å². The molecule has 1 amide bonds. The highest BCUT2D eigenvalue weighted by atomic mass is 28.4. The fourth-order valence-corrected chi connectivity index (χ4v) is 4.58. The van der Waals surface area contributed by atoms with Crippen LogP contribution >= 0.6 is 0 Å². The molecule has 0 radical (unpaired) electrons. The Labute approximate surface area is 190 Å². The van der Waals surface area contributed by atoms with E-state index in [0.29, 0.717) is 19.7 Å². The van der Waals surface area contributed by atoms with Crippen molar-refractivity contribution >= 4 is 20.1 Å². The Morgan fingerprint density at radius 2 is 1.55 bits per heavy atom. The van der Waals surface area contributed by atoms with Crippen molar-refractivity contribution in [2.45, 2.75) is 78.3 Å². The maximum Gasteiger partial charge on any atom is 0.410 e. The standard InChI is InChI=1S/C24H42N2O4Si/c1-19(30-31(8,9)24(5,6)7)18-28-21-12-10-20(11-13-21)25-14-16-26(17-15-25)22(27)29-23(2,3)4/h10-13,19H,14-18H2,1-9H3. The van der Waals surface area contributed by atoms with Crippen LogP contribution < -0.4 is 9.64 Å². The first-order valence-corrected chi connectivity index (χ1v) is 14.2. The molecule has 0 aromatic heterocycles. The smallest absolute Gasteiger partial charge is 0.410 e. The third-order valence-corrected chi connectivity index (χ3v) is 10.5. The van der Waals surface area contributed by atoms with Crippen molar-refractivity contribution in [1.82, 2.24) is 4.90 Å². The number of nitrogens with zero attached hydrogens (tertiary/aromatic N) is 2. The molecule has 0 aliphatic carbocycles. The molecule has 0 bridgehead atoms. The number of hydrogen-bond donors (Lipinski definition) is 0. The maximum absolute atomic E-state index is 12.2. The van der Waals surface area contributed by atoms with Crippen LogP contribution in [0.5, 0.6) is 5.75 Å². The van der Waals surface area contributed by atoms with E-state index in [1.54, 1.807) is 4.90 Å². The van der Waals surface area contributed by atoms with Gasteiger partial charge < -0.3 is 23.7 Å². The summed E-state index contributed by atoms with van der Waals surface area (Å²) in [6, 6.07) is 8.18. The number of ether oxygens (including phenoxy) is 2. The molecular formula is C24H42N2O4Si. The normalized spacial score (nSPS) is 16.8. The van der Waals surface area contributed by atoms with Gasteiger partial charge in [-0.3, -0.25) is 0 Å². The van der Waals surface area contributed by atoms with Gasteiger partial charge in [-0.2, -0.15) is 0 Å². The van der Waals surface area contributed by atoms with Crippen molar-refractivity contribution in [3.05, 3.63) is 24.3 Å². The summed E-state index contributed by atoms with van der Waals surface area (Å²) in [5, 5.41) is 0.191. The van der Waals surface area contributed by atoms with Gasteiger partial charge in [0, 0.05) is 31.9 Å². The molecule has 1 aliphatic heterocycles. The lowest BCUT2D eigenvalue weighted by molar-refractivity contribution is 0.0240. The Morgan fingerprint density at radius 1 is 1.00 bits per heavy atom. The van der Waals surface area contributed by atoms with Gasteiger partial charge in [0.05, 0.1) is 6.10 Å². The fourth-order valence-electron chi connectivity index (χ4n) is 3.15. The number of hydrogen-bond acceptors (Lipinski definition) is 5. The van der Waals surface area contributed by atoms with Crippen LogP contribution in [0.3, 0.4) is 0 Å². The number of rotatable bonds is 6. The Bertz CT molecular complexity index is 715. The van der Waals surface area contributed by atoms with Crippen molar-refractivity contribution < 1.29 is 18.7 Å². The summed E-state index contributed by atoms with van der Waals surface area (Å²) in [6.45, 7) is 22.5. The maximum atomic E-state index is 12.2. The van der Waals surface area contributed by atoms with Crippen molar-refractivity contribution in [3.63, 3.8) is 0 Å². The number of anilines is 1. The Morgan fingerprint density at radius 3 is 2.03 bits per heavy atom. The average molecular weight is 451 g/mol. The van der Waals surface area contributed by atoms with E-state index >= 15 is 0 Å². The van der Waals surface area contributed by atoms with Crippen LogP contribution in [0, 0.1) is 0 Å². The second-order valence-electron chi connectivity index (χ2n) is 10.9. The zero-order chi connectivity index (χ0) is 23.4. The van der Waals surface area contributed by atoms with Gasteiger partial charge in [0.1, 0.15) is 18.0 Å². The van der Waals surface area contributed by atoms with Gasteiger partial charge in [-0.05, 0) is 70.1 Å². The van der Waals surface area contributed by atoms with Crippen molar-refractivity contribution in [1.29, 1.82) is 0 Å². The SMILES string of the molecule is CC(COc1ccc(N2CCN(C(=O)OC(C)(C)C)CC2)cc1)O[Si](C)(C)C(C)(C)C. The van der Waals surface area contributed by atoms with Gasteiger partial charge in [0.15, 0.2) is 8.32 Å². The van der Waals surface area contributed by atoms with Crippen LogP contribution in [0.4, 0.5) is 10.5 Å². The molecule has 1 fully saturated rings. The molecule has 1 saturated heterocycles. The molecule has 0 spiro atoms. The Kier molecular flexibility index (Phi) is 8.08. The molecule has 0 N–H and O–H groups in total. The number of amides is 1. The molecule has 0 saturated carbocycles. The van der Waals surface area contributed by atoms with Crippen LogP contribution in [0.25, 0.3) is 0 Å². The molecule has 1 heterocycles. The van der Waals surface area contributed by atoms with Gasteiger partial charge in [0.25, 0.3) is 0 Å². The number of piperazine rings is 1. The van der Waals surface area contributed by atoms with Crippen LogP contribution in [0.15, 0.2) is 24.3 Å². The predicted octanol–water partition coefficient (Wildman–Crippen LogP) is 5.53. The van der Waals surface area contributed by atoms with Crippen LogP contribution in [0.2, 0.25) is 18.1 Å². The largest absolute Gasteiger partial charge is 0.491 e. The van der Waals surface area contributed by atoms with E-state index in [1.165, 1.54) is 0 Å². The summed E-state index contributed by atoms with van der Waals surface area (Å²) >= 11 is 0. The Hall–Kier alpha value is -1.73. The summed E-state index contributed by atoms with van der Waals surface area (Å²) in [7, 11) is -1.79. The van der Waals surface area contributed by atoms with Gasteiger partial charge in [-0.15, -0.1) is 0 Å². The van der Waals surface area contributed by atoms with E-state index in [0.717, 1.165) is 24.5 Å². The molecule has 1 aromatic rings. The second kappa shape index (κ2) is 9.82. The number of carbonyl (C=O) groups is 1. The third-order valence-electron chi connectivity index (χ3n) is 5.92. The molecule has 1 aromatic carbocycles. The predicted molar refractivity (Wildman–Crippen MR) is 130 cm³/mol. The van der Waals surface area contributed by atoms with Crippen molar-refractivity contribution in [2.24, 2.45) is 0 Å². The number of carbonyl (C=O) groups excluding carboxylic acids is 1. The average Bonchev–Trinajstić information content (AvgIpc) is 2.64. The minimum Gasteiger partial charge on any atom is -0.491 e. The summed E-state index contributed by atoms with van der Waals surface area (Å²) in [5.74, 6) is 0.849. The monoisotopic (exact) mass is 450 g/mol. The van der Waals surface area contributed by atoms with E-state index in [1.807, 2.05) is 32.9 Å². The van der Waals surface area contributed by atoms with Crippen molar-refractivity contribution in [2.75, 3.05) is 37.7 Å². The van der Waals surface area contributed by atoms with Gasteiger partial charge >= 0.3 is 6.09 Å². The quantitative estimate of drug-likeness (QED) is 0.533. The molecule has 6 nitrogen and oxygen atoms in total. The molecule has 1 aliphatic rings. The van der Waals surface area contributed by atoms with E-state index < -0.39 is 13.9 Å². The lowest BCUT2D eigenvalue weighted by Gasteiger charge is -2.38. The van der Waals surface area contributed by atoms with Gasteiger partial charge in [-0.25, -0.2) is 4.79 Å². The zero-order valence-corrected chi connectivity index (χ0v) is 21.9. The summed E-state index contributed by atoms with van der Waals surface area (Å²) < 4.78 is 17.8. The van der Waals surface area contributed by atoms with Gasteiger partial charge in [-0.1, -0.05) is 20.8 Å². The van der Waals surface area contributed by atoms with Gasteiger partial charge in [0.2, 0.25) is 0 Å².